The van der Waals surface area contributed by atoms with E-state index in [1.807, 2.05) is 4.90 Å². The zero-order chi connectivity index (χ0) is 21.0. The lowest BCUT2D eigenvalue weighted by Gasteiger charge is -2.38. The molecular weight excluding hydrogens is 445 g/mol. The highest BCUT2D eigenvalue weighted by atomic mass is 35.5. The first kappa shape index (κ1) is 28.2. The van der Waals surface area contributed by atoms with E-state index in [2.05, 4.69) is 16.7 Å². The molecule has 0 radical (unpaired) electrons. The molecule has 0 saturated carbocycles. The van der Waals surface area contributed by atoms with Gasteiger partial charge in [-0.2, -0.15) is 0 Å². The number of hydrogen-bond acceptors (Lipinski definition) is 7. The Morgan fingerprint density at radius 2 is 1.68 bits per heavy atom. The number of nitrogens with zero attached hydrogens (tertiary/aromatic N) is 4. The molecule has 9 nitrogen and oxygen atoms in total. The lowest BCUT2D eigenvalue weighted by molar-refractivity contribution is -0.138. The Hall–Kier alpha value is -0.840. The average molecular weight is 484 g/mol. The second-order valence-electron chi connectivity index (χ2n) is 8.69. The zero-order valence-electron chi connectivity index (χ0n) is 18.7. The minimum absolute atomic E-state index is 0. The van der Waals surface area contributed by atoms with Gasteiger partial charge >= 0.3 is 6.09 Å². The molecule has 11 heteroatoms. The van der Waals surface area contributed by atoms with Crippen LogP contribution in [0.4, 0.5) is 4.79 Å². The number of carbonyl (C=O) groups is 2. The van der Waals surface area contributed by atoms with E-state index in [4.69, 9.17) is 10.5 Å². The highest BCUT2D eigenvalue weighted by Crippen LogP contribution is 2.33. The number of piperidine rings is 1. The summed E-state index contributed by atoms with van der Waals surface area (Å²) in [5.41, 5.74) is 5.28. The molecule has 0 aliphatic carbocycles. The van der Waals surface area contributed by atoms with Crippen LogP contribution in [-0.4, -0.2) is 120 Å². The van der Waals surface area contributed by atoms with Crippen molar-refractivity contribution in [1.29, 1.82) is 0 Å². The molecule has 3 saturated heterocycles. The standard InChI is InChI=1S/C20H37N5O4.2ClH/c1-3-22-11-13-23(14-12-22)7-4-8-25-15-20(29-19(25)28)5-9-24(10-6-20)18(27)17(21)16(2)26;;/h16-17,26H,3-15,21H2,1-2H3;2*1H/t16-,17+;;/m1../s1. The fourth-order valence-electron chi connectivity index (χ4n) is 4.49. The monoisotopic (exact) mass is 483 g/mol. The quantitative estimate of drug-likeness (QED) is 0.539. The molecule has 0 bridgehead atoms. The number of halogens is 2. The van der Waals surface area contributed by atoms with E-state index in [0.29, 0.717) is 39.0 Å². The van der Waals surface area contributed by atoms with Crippen molar-refractivity contribution < 1.29 is 19.4 Å². The van der Waals surface area contributed by atoms with Crippen LogP contribution in [0.3, 0.4) is 0 Å². The minimum Gasteiger partial charge on any atom is -0.441 e. The summed E-state index contributed by atoms with van der Waals surface area (Å²) >= 11 is 0. The van der Waals surface area contributed by atoms with Gasteiger partial charge in [-0.05, 0) is 26.4 Å². The number of aliphatic hydroxyl groups excluding tert-OH is 1. The maximum absolute atomic E-state index is 12.4. The number of likely N-dealkylation sites (tertiary alicyclic amines) is 1. The van der Waals surface area contributed by atoms with Crippen molar-refractivity contribution >= 4 is 36.8 Å². The van der Waals surface area contributed by atoms with Crippen LogP contribution in [0.15, 0.2) is 0 Å². The van der Waals surface area contributed by atoms with Gasteiger partial charge in [-0.15, -0.1) is 24.8 Å². The average Bonchev–Trinajstić information content (AvgIpc) is 3.02. The molecule has 0 unspecified atom stereocenters. The van der Waals surface area contributed by atoms with E-state index < -0.39 is 17.7 Å². The van der Waals surface area contributed by atoms with Crippen molar-refractivity contribution in [1.82, 2.24) is 19.6 Å². The molecule has 3 aliphatic rings. The van der Waals surface area contributed by atoms with Crippen LogP contribution in [0.5, 0.6) is 0 Å². The number of hydrogen-bond donors (Lipinski definition) is 2. The Balaban J connectivity index is 0.00000240. The topological polar surface area (TPSA) is 103 Å². The van der Waals surface area contributed by atoms with Crippen molar-refractivity contribution in [3.63, 3.8) is 0 Å². The van der Waals surface area contributed by atoms with Crippen LogP contribution < -0.4 is 5.73 Å². The third-order valence-corrected chi connectivity index (χ3v) is 6.65. The normalized spacial score (nSPS) is 23.7. The van der Waals surface area contributed by atoms with E-state index in [9.17, 15) is 14.7 Å². The van der Waals surface area contributed by atoms with E-state index in [1.165, 1.54) is 6.92 Å². The van der Waals surface area contributed by atoms with Crippen molar-refractivity contribution in [3.8, 4) is 0 Å². The van der Waals surface area contributed by atoms with Crippen molar-refractivity contribution in [2.45, 2.75) is 50.9 Å². The summed E-state index contributed by atoms with van der Waals surface area (Å²) in [6.07, 6.45) is 1.08. The van der Waals surface area contributed by atoms with E-state index in [1.54, 1.807) is 4.90 Å². The molecule has 0 aromatic rings. The molecule has 3 N–H and O–H groups in total. The van der Waals surface area contributed by atoms with E-state index in [-0.39, 0.29) is 36.8 Å². The summed E-state index contributed by atoms with van der Waals surface area (Å²) in [5, 5.41) is 9.54. The summed E-state index contributed by atoms with van der Waals surface area (Å²) in [5.74, 6) is -0.237. The Bertz CT molecular complexity index is 582. The largest absolute Gasteiger partial charge is 0.441 e. The van der Waals surface area contributed by atoms with Gasteiger partial charge in [0.25, 0.3) is 0 Å². The third-order valence-electron chi connectivity index (χ3n) is 6.65. The second kappa shape index (κ2) is 12.4. The fraction of sp³-hybridized carbons (Fsp3) is 0.900. The highest BCUT2D eigenvalue weighted by molar-refractivity contribution is 5.85. The summed E-state index contributed by atoms with van der Waals surface area (Å²) in [6, 6.07) is -0.897. The molecule has 1 spiro atoms. The summed E-state index contributed by atoms with van der Waals surface area (Å²) < 4.78 is 5.76. The fourth-order valence-corrected chi connectivity index (χ4v) is 4.49. The maximum atomic E-state index is 12.4. The molecule has 182 valence electrons. The molecule has 2 amide bonds. The van der Waals surface area contributed by atoms with Crippen molar-refractivity contribution in [2.75, 3.05) is 65.4 Å². The van der Waals surface area contributed by atoms with Gasteiger partial charge in [-0.25, -0.2) is 4.79 Å². The SMILES string of the molecule is CCN1CCN(CCCN2CC3(CCN(C(=O)[C@@H](N)[C@@H](C)O)CC3)OC2=O)CC1.Cl.Cl. The number of carbonyl (C=O) groups excluding carboxylic acids is 2. The highest BCUT2D eigenvalue weighted by Gasteiger charge is 2.47. The number of aliphatic hydroxyl groups is 1. The molecule has 2 atom stereocenters. The Morgan fingerprint density at radius 1 is 1.10 bits per heavy atom. The van der Waals surface area contributed by atoms with Gasteiger partial charge in [0.2, 0.25) is 5.91 Å². The van der Waals surface area contributed by atoms with Crippen LogP contribution in [0, 0.1) is 0 Å². The summed E-state index contributed by atoms with van der Waals surface area (Å²) in [7, 11) is 0. The first-order valence-corrected chi connectivity index (χ1v) is 11.0. The Kier molecular flexibility index (Phi) is 11.3. The second-order valence-corrected chi connectivity index (χ2v) is 8.69. The number of amides is 2. The van der Waals surface area contributed by atoms with Gasteiger partial charge in [-0.3, -0.25) is 4.79 Å². The van der Waals surface area contributed by atoms with Crippen molar-refractivity contribution in [3.05, 3.63) is 0 Å². The lowest BCUT2D eigenvalue weighted by Crippen LogP contribution is -2.55. The lowest BCUT2D eigenvalue weighted by atomic mass is 9.91. The number of rotatable bonds is 7. The van der Waals surface area contributed by atoms with E-state index >= 15 is 0 Å². The molecule has 31 heavy (non-hydrogen) atoms. The maximum Gasteiger partial charge on any atom is 0.410 e. The van der Waals surface area contributed by atoms with Gasteiger partial charge in [0, 0.05) is 58.7 Å². The molecule has 0 aromatic carbocycles. The molecule has 3 aliphatic heterocycles. The third kappa shape index (κ3) is 7.07. The smallest absolute Gasteiger partial charge is 0.410 e. The number of piperazine rings is 1. The van der Waals surface area contributed by atoms with Crippen LogP contribution in [0.2, 0.25) is 0 Å². The van der Waals surface area contributed by atoms with Crippen LogP contribution in [0.25, 0.3) is 0 Å². The Morgan fingerprint density at radius 3 is 2.23 bits per heavy atom. The molecule has 3 rings (SSSR count). The van der Waals surface area contributed by atoms with Gasteiger partial charge < -0.3 is 35.2 Å². The van der Waals surface area contributed by atoms with Gasteiger partial charge in [0.05, 0.1) is 12.6 Å². The van der Waals surface area contributed by atoms with Crippen LogP contribution >= 0.6 is 24.8 Å². The predicted octanol–water partition coefficient (Wildman–Crippen LogP) is 0.379. The van der Waals surface area contributed by atoms with Crippen LogP contribution in [-0.2, 0) is 9.53 Å². The molecule has 3 heterocycles. The molecule has 3 fully saturated rings. The first-order chi connectivity index (χ1) is 13.8. The Labute approximate surface area is 198 Å². The number of nitrogens with two attached hydrogens (primary N) is 1. The van der Waals surface area contributed by atoms with Gasteiger partial charge in [0.15, 0.2) is 0 Å². The summed E-state index contributed by atoms with van der Waals surface area (Å²) in [4.78, 5) is 33.1. The minimum atomic E-state index is -0.897. The number of likely N-dealkylation sites (N-methyl/N-ethyl adjacent to an activating group) is 1. The zero-order valence-corrected chi connectivity index (χ0v) is 20.3. The van der Waals surface area contributed by atoms with Gasteiger partial charge in [0.1, 0.15) is 11.6 Å². The first-order valence-electron chi connectivity index (χ1n) is 11.0. The number of ether oxygens (including phenoxy) is 1. The van der Waals surface area contributed by atoms with Crippen LogP contribution in [0.1, 0.15) is 33.1 Å². The van der Waals surface area contributed by atoms with Gasteiger partial charge in [-0.1, -0.05) is 6.92 Å². The molecule has 0 aromatic heterocycles. The molecular formula is C20H39Cl2N5O4. The summed E-state index contributed by atoms with van der Waals surface area (Å²) in [6.45, 7) is 12.6. The predicted molar refractivity (Wildman–Crippen MR) is 124 cm³/mol. The van der Waals surface area contributed by atoms with Crippen molar-refractivity contribution in [2.24, 2.45) is 5.73 Å². The van der Waals surface area contributed by atoms with E-state index in [0.717, 1.165) is 45.7 Å².